The summed E-state index contributed by atoms with van der Waals surface area (Å²) in [5.74, 6) is 1.03. The molecule has 21 heavy (non-hydrogen) atoms. The lowest BCUT2D eigenvalue weighted by Crippen LogP contribution is -2.65. The van der Waals surface area contributed by atoms with Crippen LogP contribution < -0.4 is 5.73 Å². The third-order valence-electron chi connectivity index (χ3n) is 6.85. The van der Waals surface area contributed by atoms with Crippen molar-refractivity contribution in [2.24, 2.45) is 11.7 Å². The van der Waals surface area contributed by atoms with E-state index >= 15 is 0 Å². The molecule has 2 N–H and O–H groups in total. The number of hydrogen-bond donors (Lipinski definition) is 1. The molecule has 0 amide bonds. The zero-order chi connectivity index (χ0) is 14.4. The van der Waals surface area contributed by atoms with Crippen molar-refractivity contribution in [1.29, 1.82) is 0 Å². The predicted molar refractivity (Wildman–Crippen MR) is 86.3 cm³/mol. The molecule has 1 aliphatic carbocycles. The number of nitrogens with two attached hydrogens (primary N) is 1. The van der Waals surface area contributed by atoms with Crippen LogP contribution in [0.15, 0.2) is 0 Å². The van der Waals surface area contributed by atoms with Crippen LogP contribution in [-0.4, -0.2) is 78.6 Å². The normalized spacial score (nSPS) is 42.6. The van der Waals surface area contributed by atoms with Gasteiger partial charge in [-0.3, -0.25) is 4.90 Å². The van der Waals surface area contributed by atoms with Gasteiger partial charge in [-0.15, -0.1) is 0 Å². The number of rotatable bonds is 4. The monoisotopic (exact) mass is 292 g/mol. The summed E-state index contributed by atoms with van der Waals surface area (Å²) in [7, 11) is 2.33. The molecular weight excluding hydrogens is 260 g/mol. The van der Waals surface area contributed by atoms with E-state index in [1.807, 2.05) is 0 Å². The van der Waals surface area contributed by atoms with E-state index in [0.29, 0.717) is 5.54 Å². The number of fused-ring (bicyclic) bond motifs is 2. The van der Waals surface area contributed by atoms with Crippen LogP contribution in [-0.2, 0) is 0 Å². The van der Waals surface area contributed by atoms with E-state index in [1.165, 1.54) is 71.2 Å². The number of piperidine rings is 1. The zero-order valence-electron chi connectivity index (χ0n) is 13.6. The second kappa shape index (κ2) is 5.48. The van der Waals surface area contributed by atoms with Crippen LogP contribution in [0, 0.1) is 5.92 Å². The molecule has 0 aromatic carbocycles. The van der Waals surface area contributed by atoms with Crippen molar-refractivity contribution in [3.8, 4) is 0 Å². The first-order chi connectivity index (χ1) is 10.2. The van der Waals surface area contributed by atoms with Gasteiger partial charge in [-0.05, 0) is 51.5 Å². The Morgan fingerprint density at radius 3 is 2.10 bits per heavy atom. The molecule has 120 valence electrons. The van der Waals surface area contributed by atoms with Gasteiger partial charge in [0.2, 0.25) is 0 Å². The molecule has 3 saturated heterocycles. The highest BCUT2D eigenvalue weighted by atomic mass is 15.3. The summed E-state index contributed by atoms with van der Waals surface area (Å²) in [6.07, 6.45) is 8.35. The highest BCUT2D eigenvalue weighted by molar-refractivity contribution is 5.07. The molecule has 0 aromatic rings. The molecule has 0 spiro atoms. The minimum atomic E-state index is 0.310. The molecule has 1 saturated carbocycles. The molecule has 2 atom stereocenters. The third-order valence-corrected chi connectivity index (χ3v) is 6.85. The summed E-state index contributed by atoms with van der Waals surface area (Å²) >= 11 is 0. The summed E-state index contributed by atoms with van der Waals surface area (Å²) in [5, 5.41) is 0. The summed E-state index contributed by atoms with van der Waals surface area (Å²) in [5.41, 5.74) is 6.63. The van der Waals surface area contributed by atoms with Gasteiger partial charge < -0.3 is 15.5 Å². The van der Waals surface area contributed by atoms with E-state index < -0.39 is 0 Å². The Balaban J connectivity index is 1.40. The fraction of sp³-hybridized carbons (Fsp3) is 1.00. The maximum atomic E-state index is 6.32. The fourth-order valence-corrected chi connectivity index (χ4v) is 5.17. The summed E-state index contributed by atoms with van der Waals surface area (Å²) in [6.45, 7) is 7.24. The molecule has 4 rings (SSSR count). The van der Waals surface area contributed by atoms with Crippen molar-refractivity contribution in [3.63, 3.8) is 0 Å². The maximum absolute atomic E-state index is 6.32. The minimum absolute atomic E-state index is 0.310. The van der Waals surface area contributed by atoms with Crippen molar-refractivity contribution < 1.29 is 0 Å². The molecule has 4 fully saturated rings. The second-order valence-electron chi connectivity index (χ2n) is 8.12. The number of piperazine rings is 1. The molecule has 3 heterocycles. The largest absolute Gasteiger partial charge is 0.329 e. The Bertz CT molecular complexity index is 359. The average Bonchev–Trinajstić information content (AvgIpc) is 3.29. The lowest BCUT2D eigenvalue weighted by molar-refractivity contribution is -0.0250. The molecule has 0 radical (unpaired) electrons. The van der Waals surface area contributed by atoms with Crippen LogP contribution in [0.3, 0.4) is 0 Å². The van der Waals surface area contributed by atoms with Gasteiger partial charge >= 0.3 is 0 Å². The maximum Gasteiger partial charge on any atom is 0.0362 e. The summed E-state index contributed by atoms with van der Waals surface area (Å²) in [4.78, 5) is 8.11. The van der Waals surface area contributed by atoms with Gasteiger partial charge in [0.1, 0.15) is 0 Å². The molecule has 2 unspecified atom stereocenters. The second-order valence-corrected chi connectivity index (χ2v) is 8.12. The van der Waals surface area contributed by atoms with Crippen molar-refractivity contribution in [3.05, 3.63) is 0 Å². The molecule has 2 bridgehead atoms. The lowest BCUT2D eigenvalue weighted by atomic mass is 9.81. The van der Waals surface area contributed by atoms with E-state index in [2.05, 4.69) is 21.7 Å². The molecule has 4 aliphatic rings. The van der Waals surface area contributed by atoms with Crippen molar-refractivity contribution in [2.75, 3.05) is 46.3 Å². The van der Waals surface area contributed by atoms with Gasteiger partial charge in [-0.25, -0.2) is 0 Å². The van der Waals surface area contributed by atoms with Crippen LogP contribution in [0.2, 0.25) is 0 Å². The van der Waals surface area contributed by atoms with E-state index in [-0.39, 0.29) is 0 Å². The van der Waals surface area contributed by atoms with Crippen molar-refractivity contribution in [1.82, 2.24) is 14.7 Å². The average molecular weight is 292 g/mol. The molecular formula is C17H32N4. The third kappa shape index (κ3) is 2.65. The quantitative estimate of drug-likeness (QED) is 0.837. The van der Waals surface area contributed by atoms with Crippen LogP contribution in [0.4, 0.5) is 0 Å². The summed E-state index contributed by atoms with van der Waals surface area (Å²) in [6, 6.07) is 1.58. The highest BCUT2D eigenvalue weighted by Gasteiger charge is 2.49. The zero-order valence-corrected chi connectivity index (χ0v) is 13.6. The molecule has 3 aliphatic heterocycles. The summed E-state index contributed by atoms with van der Waals surface area (Å²) < 4.78 is 0. The van der Waals surface area contributed by atoms with Crippen LogP contribution >= 0.6 is 0 Å². The van der Waals surface area contributed by atoms with Crippen molar-refractivity contribution >= 4 is 0 Å². The Hall–Kier alpha value is -0.160. The number of hydrogen-bond acceptors (Lipinski definition) is 4. The molecule has 0 aromatic heterocycles. The van der Waals surface area contributed by atoms with Gasteiger partial charge in [0.15, 0.2) is 0 Å². The topological polar surface area (TPSA) is 35.7 Å². The van der Waals surface area contributed by atoms with Gasteiger partial charge in [0.25, 0.3) is 0 Å². The fourth-order valence-electron chi connectivity index (χ4n) is 5.17. The van der Waals surface area contributed by atoms with Crippen LogP contribution in [0.25, 0.3) is 0 Å². The SMILES string of the molecule is CN1C2CCC1CC(CN)(N1CCN(CC3CC3)CC1)C2. The standard InChI is InChI=1S/C17H32N4/c1-19-15-4-5-16(19)11-17(10-15,13-18)21-8-6-20(7-9-21)12-14-2-3-14/h14-16H,2-13,18H2,1H3. The Kier molecular flexibility index (Phi) is 3.77. The van der Waals surface area contributed by atoms with Gasteiger partial charge in [-0.2, -0.15) is 0 Å². The van der Waals surface area contributed by atoms with E-state index in [1.54, 1.807) is 0 Å². The first-order valence-corrected chi connectivity index (χ1v) is 9.10. The number of nitrogens with zero attached hydrogens (tertiary/aromatic N) is 3. The van der Waals surface area contributed by atoms with E-state index in [4.69, 9.17) is 5.73 Å². The molecule has 4 nitrogen and oxygen atoms in total. The van der Waals surface area contributed by atoms with Gasteiger partial charge in [0, 0.05) is 56.9 Å². The lowest BCUT2D eigenvalue weighted by Gasteiger charge is -2.53. The van der Waals surface area contributed by atoms with Crippen molar-refractivity contribution in [2.45, 2.75) is 56.1 Å². The molecule has 4 heteroatoms. The Morgan fingerprint density at radius 1 is 0.952 bits per heavy atom. The van der Waals surface area contributed by atoms with Crippen LogP contribution in [0.1, 0.15) is 38.5 Å². The predicted octanol–water partition coefficient (Wildman–Crippen LogP) is 0.968. The van der Waals surface area contributed by atoms with E-state index in [9.17, 15) is 0 Å². The van der Waals surface area contributed by atoms with Gasteiger partial charge in [0.05, 0.1) is 0 Å². The first kappa shape index (κ1) is 14.4. The van der Waals surface area contributed by atoms with E-state index in [0.717, 1.165) is 24.5 Å². The Morgan fingerprint density at radius 2 is 1.57 bits per heavy atom. The van der Waals surface area contributed by atoms with Crippen LogP contribution in [0.5, 0.6) is 0 Å². The Labute approximate surface area is 129 Å². The first-order valence-electron chi connectivity index (χ1n) is 9.10. The highest BCUT2D eigenvalue weighted by Crippen LogP contribution is 2.42. The minimum Gasteiger partial charge on any atom is -0.329 e. The smallest absolute Gasteiger partial charge is 0.0362 e. The van der Waals surface area contributed by atoms with Gasteiger partial charge in [-0.1, -0.05) is 0 Å².